The van der Waals surface area contributed by atoms with E-state index in [1.165, 1.54) is 47.9 Å². The Kier molecular flexibility index (Phi) is 9.86. The SMILES string of the molecule is C=CCCOCc1ccc(-c2ccc(CCC=CC3CCC(C=CC)CC3)cc2)cc1. The minimum Gasteiger partial charge on any atom is -0.376 e. The monoisotopic (exact) mass is 414 g/mol. The van der Waals surface area contributed by atoms with Gasteiger partial charge in [-0.3, -0.25) is 0 Å². The summed E-state index contributed by atoms with van der Waals surface area (Å²) in [5, 5.41) is 0. The van der Waals surface area contributed by atoms with Crippen LogP contribution in [0.4, 0.5) is 0 Å². The summed E-state index contributed by atoms with van der Waals surface area (Å²) in [6.45, 7) is 7.26. The highest BCUT2D eigenvalue weighted by atomic mass is 16.5. The van der Waals surface area contributed by atoms with Crippen LogP contribution in [0.1, 0.15) is 56.6 Å². The highest BCUT2D eigenvalue weighted by Crippen LogP contribution is 2.30. The highest BCUT2D eigenvalue weighted by Gasteiger charge is 2.16. The van der Waals surface area contributed by atoms with Crippen LogP contribution in [0.2, 0.25) is 0 Å². The van der Waals surface area contributed by atoms with Gasteiger partial charge in [0.1, 0.15) is 0 Å². The maximum Gasteiger partial charge on any atom is 0.0717 e. The lowest BCUT2D eigenvalue weighted by atomic mass is 9.81. The maximum absolute atomic E-state index is 5.64. The molecule has 164 valence electrons. The van der Waals surface area contributed by atoms with Gasteiger partial charge in [-0.15, -0.1) is 6.58 Å². The summed E-state index contributed by atoms with van der Waals surface area (Å²) >= 11 is 0. The van der Waals surface area contributed by atoms with Crippen molar-refractivity contribution in [2.24, 2.45) is 11.8 Å². The predicted octanol–water partition coefficient (Wildman–Crippen LogP) is 8.32. The second-order valence-corrected chi connectivity index (χ2v) is 8.69. The lowest BCUT2D eigenvalue weighted by molar-refractivity contribution is 0.125. The third-order valence-electron chi connectivity index (χ3n) is 6.27. The van der Waals surface area contributed by atoms with E-state index in [2.05, 4.69) is 86.3 Å². The lowest BCUT2D eigenvalue weighted by Gasteiger charge is -2.24. The average Bonchev–Trinajstić information content (AvgIpc) is 2.82. The standard InChI is InChI=1S/C30H38O/c1-3-5-23-31-24-28-17-21-30(22-18-28)29-19-15-27(16-20-29)10-7-6-9-26-13-11-25(8-4-2)12-14-26/h3-4,6,8-9,15-22,25-26H,1,5,7,10-14,23-24H2,2H3. The first-order chi connectivity index (χ1) is 15.3. The summed E-state index contributed by atoms with van der Waals surface area (Å²) < 4.78 is 5.64. The fourth-order valence-corrected chi connectivity index (χ4v) is 4.35. The molecule has 1 saturated carbocycles. The quantitative estimate of drug-likeness (QED) is 0.265. The van der Waals surface area contributed by atoms with Gasteiger partial charge in [0.2, 0.25) is 0 Å². The molecule has 0 amide bonds. The number of aryl methyl sites for hydroxylation is 1. The number of hydrogen-bond acceptors (Lipinski definition) is 1. The van der Waals surface area contributed by atoms with Crippen molar-refractivity contribution < 1.29 is 4.74 Å². The molecule has 1 nitrogen and oxygen atoms in total. The molecule has 0 atom stereocenters. The fraction of sp³-hybridized carbons (Fsp3) is 0.400. The van der Waals surface area contributed by atoms with Crippen LogP contribution in [0.25, 0.3) is 11.1 Å². The minimum absolute atomic E-state index is 0.664. The van der Waals surface area contributed by atoms with E-state index in [0.29, 0.717) is 6.61 Å². The van der Waals surface area contributed by atoms with Crippen LogP contribution in [0.5, 0.6) is 0 Å². The number of benzene rings is 2. The summed E-state index contributed by atoms with van der Waals surface area (Å²) in [4.78, 5) is 0. The summed E-state index contributed by atoms with van der Waals surface area (Å²) in [7, 11) is 0. The predicted molar refractivity (Wildman–Crippen MR) is 134 cm³/mol. The Morgan fingerprint density at radius 3 is 1.97 bits per heavy atom. The largest absolute Gasteiger partial charge is 0.376 e. The smallest absolute Gasteiger partial charge is 0.0717 e. The second kappa shape index (κ2) is 13.1. The topological polar surface area (TPSA) is 9.23 Å². The van der Waals surface area contributed by atoms with E-state index in [1.54, 1.807) is 0 Å². The van der Waals surface area contributed by atoms with Gasteiger partial charge in [0.15, 0.2) is 0 Å². The number of hydrogen-bond donors (Lipinski definition) is 0. The molecule has 2 aromatic carbocycles. The Morgan fingerprint density at radius 2 is 1.39 bits per heavy atom. The van der Waals surface area contributed by atoms with Crippen molar-refractivity contribution in [1.29, 1.82) is 0 Å². The molecule has 2 aromatic rings. The van der Waals surface area contributed by atoms with E-state index in [1.807, 2.05) is 6.08 Å². The zero-order chi connectivity index (χ0) is 21.7. The van der Waals surface area contributed by atoms with E-state index in [9.17, 15) is 0 Å². The summed E-state index contributed by atoms with van der Waals surface area (Å²) in [5.74, 6) is 1.61. The van der Waals surface area contributed by atoms with Gasteiger partial charge in [-0.05, 0) is 86.0 Å². The molecule has 3 rings (SSSR count). The molecular formula is C30H38O. The Bertz CT molecular complexity index is 818. The van der Waals surface area contributed by atoms with Gasteiger partial charge in [-0.2, -0.15) is 0 Å². The molecule has 1 aliphatic carbocycles. The fourth-order valence-electron chi connectivity index (χ4n) is 4.35. The molecule has 0 aromatic heterocycles. The normalized spacial score (nSPS) is 19.3. The van der Waals surface area contributed by atoms with Gasteiger partial charge in [-0.1, -0.05) is 78.9 Å². The highest BCUT2D eigenvalue weighted by molar-refractivity contribution is 5.63. The van der Waals surface area contributed by atoms with Gasteiger partial charge in [0.25, 0.3) is 0 Å². The first-order valence-corrected chi connectivity index (χ1v) is 11.9. The molecule has 0 saturated heterocycles. The van der Waals surface area contributed by atoms with Gasteiger partial charge in [0.05, 0.1) is 13.2 Å². The van der Waals surface area contributed by atoms with Crippen LogP contribution in [0, 0.1) is 11.8 Å². The maximum atomic E-state index is 5.64. The first kappa shape index (κ1) is 23.3. The van der Waals surface area contributed by atoms with Crippen LogP contribution in [-0.4, -0.2) is 6.61 Å². The molecule has 1 fully saturated rings. The molecule has 0 radical (unpaired) electrons. The zero-order valence-corrected chi connectivity index (χ0v) is 19.1. The van der Waals surface area contributed by atoms with Gasteiger partial charge in [-0.25, -0.2) is 0 Å². The van der Waals surface area contributed by atoms with Crippen LogP contribution >= 0.6 is 0 Å². The van der Waals surface area contributed by atoms with E-state index < -0.39 is 0 Å². The Labute approximate surface area is 189 Å². The Balaban J connectivity index is 1.41. The number of ether oxygens (including phenoxy) is 1. The number of allylic oxidation sites excluding steroid dienone is 4. The molecule has 0 N–H and O–H groups in total. The van der Waals surface area contributed by atoms with E-state index >= 15 is 0 Å². The van der Waals surface area contributed by atoms with Crippen molar-refractivity contribution in [3.8, 4) is 11.1 Å². The average molecular weight is 415 g/mol. The molecule has 31 heavy (non-hydrogen) atoms. The van der Waals surface area contributed by atoms with Crippen molar-refractivity contribution in [2.45, 2.75) is 58.5 Å². The molecular weight excluding hydrogens is 376 g/mol. The molecule has 0 aliphatic heterocycles. The molecule has 0 bridgehead atoms. The third-order valence-corrected chi connectivity index (χ3v) is 6.27. The van der Waals surface area contributed by atoms with Crippen LogP contribution in [0.15, 0.2) is 85.5 Å². The summed E-state index contributed by atoms with van der Waals surface area (Å²) in [6, 6.07) is 17.7. The third kappa shape index (κ3) is 7.99. The van der Waals surface area contributed by atoms with Crippen molar-refractivity contribution in [1.82, 2.24) is 0 Å². The first-order valence-electron chi connectivity index (χ1n) is 11.9. The summed E-state index contributed by atoms with van der Waals surface area (Å²) in [5.41, 5.74) is 5.16. The van der Waals surface area contributed by atoms with Crippen molar-refractivity contribution in [3.05, 3.63) is 96.6 Å². The molecule has 0 heterocycles. The van der Waals surface area contributed by atoms with Crippen molar-refractivity contribution in [2.75, 3.05) is 6.61 Å². The molecule has 0 spiro atoms. The lowest BCUT2D eigenvalue weighted by Crippen LogP contribution is -2.11. The van der Waals surface area contributed by atoms with Crippen LogP contribution < -0.4 is 0 Å². The number of rotatable bonds is 11. The van der Waals surface area contributed by atoms with Gasteiger partial charge < -0.3 is 4.74 Å². The Morgan fingerprint density at radius 1 is 0.806 bits per heavy atom. The van der Waals surface area contributed by atoms with Crippen molar-refractivity contribution in [3.63, 3.8) is 0 Å². The second-order valence-electron chi connectivity index (χ2n) is 8.69. The van der Waals surface area contributed by atoms with Gasteiger partial charge in [0, 0.05) is 0 Å². The van der Waals surface area contributed by atoms with Crippen molar-refractivity contribution >= 4 is 0 Å². The van der Waals surface area contributed by atoms with Crippen LogP contribution in [-0.2, 0) is 17.8 Å². The van der Waals surface area contributed by atoms with E-state index in [0.717, 1.165) is 37.7 Å². The van der Waals surface area contributed by atoms with Gasteiger partial charge >= 0.3 is 0 Å². The van der Waals surface area contributed by atoms with E-state index in [4.69, 9.17) is 4.74 Å². The summed E-state index contributed by atoms with van der Waals surface area (Å²) in [6.07, 6.45) is 19.9. The molecule has 1 aliphatic rings. The Hall–Kier alpha value is -2.38. The zero-order valence-electron chi connectivity index (χ0n) is 19.1. The molecule has 1 heteroatoms. The molecule has 0 unspecified atom stereocenters. The minimum atomic E-state index is 0.664. The van der Waals surface area contributed by atoms with Crippen LogP contribution in [0.3, 0.4) is 0 Å². The van der Waals surface area contributed by atoms with E-state index in [-0.39, 0.29) is 0 Å².